The van der Waals surface area contributed by atoms with Crippen LogP contribution in [0.25, 0.3) is 0 Å². The van der Waals surface area contributed by atoms with Crippen molar-refractivity contribution in [2.24, 2.45) is 0 Å². The van der Waals surface area contributed by atoms with Crippen LogP contribution in [0.2, 0.25) is 0 Å². The molecule has 0 unspecified atom stereocenters. The molecule has 0 spiro atoms. The monoisotopic (exact) mass is 240 g/mol. The molecule has 0 saturated heterocycles. The number of hydrogen-bond acceptors (Lipinski definition) is 3. The molecule has 92 valence electrons. The summed E-state index contributed by atoms with van der Waals surface area (Å²) in [4.78, 5) is 11.4. The Bertz CT molecular complexity index is 464. The molecule has 1 aromatic carbocycles. The minimum Gasteiger partial charge on any atom is -0.508 e. The molecule has 0 aliphatic heterocycles. The second-order valence-corrected chi connectivity index (χ2v) is 4.39. The highest BCUT2D eigenvalue weighted by molar-refractivity contribution is 5.83. The molecular formula is C12H13FO4. The summed E-state index contributed by atoms with van der Waals surface area (Å²) in [6.45, 7) is 0. The summed E-state index contributed by atoms with van der Waals surface area (Å²) < 4.78 is 13.8. The first kappa shape index (κ1) is 11.7. The Hall–Kier alpha value is -1.78. The predicted molar refractivity (Wildman–Crippen MR) is 57.5 cm³/mol. The number of aromatic hydroxyl groups is 2. The van der Waals surface area contributed by atoms with Gasteiger partial charge in [0.2, 0.25) is 0 Å². The fourth-order valence-corrected chi connectivity index (χ4v) is 2.56. The molecule has 17 heavy (non-hydrogen) atoms. The molecule has 0 aromatic heterocycles. The molecule has 1 aliphatic rings. The Morgan fingerprint density at radius 3 is 2.24 bits per heavy atom. The molecule has 1 saturated carbocycles. The summed E-state index contributed by atoms with van der Waals surface area (Å²) >= 11 is 0. The Morgan fingerprint density at radius 1 is 1.18 bits per heavy atom. The van der Waals surface area contributed by atoms with E-state index in [0.717, 1.165) is 12.1 Å². The van der Waals surface area contributed by atoms with Gasteiger partial charge in [0.25, 0.3) is 0 Å². The lowest BCUT2D eigenvalue weighted by Gasteiger charge is -2.25. The SMILES string of the molecule is O=C(O)C1(c2c(O)ccc(O)c2F)CCCC1. The molecule has 3 N–H and O–H groups in total. The number of carbonyl (C=O) groups is 1. The first-order valence-electron chi connectivity index (χ1n) is 5.43. The zero-order chi connectivity index (χ0) is 12.6. The van der Waals surface area contributed by atoms with Crippen LogP contribution in [0.3, 0.4) is 0 Å². The molecule has 1 aromatic rings. The van der Waals surface area contributed by atoms with Crippen LogP contribution in [0.1, 0.15) is 31.2 Å². The van der Waals surface area contributed by atoms with Gasteiger partial charge in [0, 0.05) is 0 Å². The van der Waals surface area contributed by atoms with Gasteiger partial charge < -0.3 is 15.3 Å². The summed E-state index contributed by atoms with van der Waals surface area (Å²) in [5.41, 5.74) is -1.70. The maximum atomic E-state index is 13.8. The fraction of sp³-hybridized carbons (Fsp3) is 0.417. The third kappa shape index (κ3) is 1.62. The fourth-order valence-electron chi connectivity index (χ4n) is 2.56. The number of benzene rings is 1. The van der Waals surface area contributed by atoms with E-state index in [-0.39, 0.29) is 18.4 Å². The van der Waals surface area contributed by atoms with Crippen molar-refractivity contribution < 1.29 is 24.5 Å². The van der Waals surface area contributed by atoms with Crippen LogP contribution in [0.5, 0.6) is 11.5 Å². The molecule has 5 heteroatoms. The van der Waals surface area contributed by atoms with Gasteiger partial charge >= 0.3 is 5.97 Å². The highest BCUT2D eigenvalue weighted by Gasteiger charge is 2.47. The zero-order valence-corrected chi connectivity index (χ0v) is 9.11. The van der Waals surface area contributed by atoms with Crippen molar-refractivity contribution >= 4 is 5.97 Å². The normalized spacial score (nSPS) is 18.2. The van der Waals surface area contributed by atoms with E-state index < -0.39 is 28.7 Å². The van der Waals surface area contributed by atoms with Crippen LogP contribution in [0, 0.1) is 5.82 Å². The Labute approximate surface area is 97.3 Å². The number of halogens is 1. The summed E-state index contributed by atoms with van der Waals surface area (Å²) in [5.74, 6) is -3.24. The van der Waals surface area contributed by atoms with Crippen LogP contribution >= 0.6 is 0 Å². The molecule has 0 atom stereocenters. The van der Waals surface area contributed by atoms with Crippen molar-refractivity contribution in [1.29, 1.82) is 0 Å². The zero-order valence-electron chi connectivity index (χ0n) is 9.11. The largest absolute Gasteiger partial charge is 0.508 e. The standard InChI is InChI=1S/C12H13FO4/c13-10-8(15)4-3-7(14)9(10)12(11(16)17)5-1-2-6-12/h3-4,14-15H,1-2,5-6H2,(H,16,17). The number of aliphatic carboxylic acids is 1. The smallest absolute Gasteiger partial charge is 0.314 e. The number of carboxylic acid groups (broad SMARTS) is 1. The first-order valence-corrected chi connectivity index (χ1v) is 5.43. The summed E-state index contributed by atoms with van der Waals surface area (Å²) in [6, 6.07) is 2.13. The molecular weight excluding hydrogens is 227 g/mol. The minimum atomic E-state index is -1.41. The van der Waals surface area contributed by atoms with Gasteiger partial charge in [-0.25, -0.2) is 4.39 Å². The van der Waals surface area contributed by atoms with Crippen molar-refractivity contribution in [3.63, 3.8) is 0 Å². The summed E-state index contributed by atoms with van der Waals surface area (Å²) in [5, 5.41) is 28.3. The summed E-state index contributed by atoms with van der Waals surface area (Å²) in [7, 11) is 0. The van der Waals surface area contributed by atoms with Crippen molar-refractivity contribution in [3.05, 3.63) is 23.5 Å². The average molecular weight is 240 g/mol. The van der Waals surface area contributed by atoms with Crippen LogP contribution < -0.4 is 0 Å². The highest BCUT2D eigenvalue weighted by atomic mass is 19.1. The third-order valence-electron chi connectivity index (χ3n) is 3.44. The van der Waals surface area contributed by atoms with Gasteiger partial charge in [-0.2, -0.15) is 0 Å². The first-order chi connectivity index (χ1) is 7.99. The van der Waals surface area contributed by atoms with Crippen molar-refractivity contribution in [2.45, 2.75) is 31.1 Å². The maximum absolute atomic E-state index is 13.8. The molecule has 0 heterocycles. The molecule has 0 radical (unpaired) electrons. The second kappa shape index (κ2) is 3.91. The molecule has 0 bridgehead atoms. The van der Waals surface area contributed by atoms with E-state index in [1.54, 1.807) is 0 Å². The highest BCUT2D eigenvalue weighted by Crippen LogP contribution is 2.47. The Balaban J connectivity index is 2.66. The Kier molecular flexibility index (Phi) is 2.69. The topological polar surface area (TPSA) is 77.8 Å². The van der Waals surface area contributed by atoms with Gasteiger partial charge in [-0.15, -0.1) is 0 Å². The molecule has 1 aliphatic carbocycles. The van der Waals surface area contributed by atoms with Crippen LogP contribution in [-0.4, -0.2) is 21.3 Å². The van der Waals surface area contributed by atoms with E-state index in [1.165, 1.54) is 0 Å². The van der Waals surface area contributed by atoms with Crippen molar-refractivity contribution in [1.82, 2.24) is 0 Å². The van der Waals surface area contributed by atoms with E-state index in [9.17, 15) is 24.5 Å². The van der Waals surface area contributed by atoms with Gasteiger partial charge in [-0.1, -0.05) is 12.8 Å². The lowest BCUT2D eigenvalue weighted by atomic mass is 9.78. The average Bonchev–Trinajstić information content (AvgIpc) is 2.74. The van der Waals surface area contributed by atoms with E-state index in [1.807, 2.05) is 0 Å². The number of hydrogen-bond donors (Lipinski definition) is 3. The van der Waals surface area contributed by atoms with E-state index in [0.29, 0.717) is 12.8 Å². The summed E-state index contributed by atoms with van der Waals surface area (Å²) in [6.07, 6.45) is 1.88. The number of phenolic OH excluding ortho intramolecular Hbond substituents is 2. The van der Waals surface area contributed by atoms with Crippen LogP contribution in [0.15, 0.2) is 12.1 Å². The van der Waals surface area contributed by atoms with Crippen LogP contribution in [0.4, 0.5) is 4.39 Å². The molecule has 4 nitrogen and oxygen atoms in total. The molecule has 2 rings (SSSR count). The van der Waals surface area contributed by atoms with Gasteiger partial charge in [0.05, 0.1) is 11.0 Å². The van der Waals surface area contributed by atoms with Crippen molar-refractivity contribution in [2.75, 3.05) is 0 Å². The number of rotatable bonds is 2. The molecule has 1 fully saturated rings. The Morgan fingerprint density at radius 2 is 1.71 bits per heavy atom. The molecule has 0 amide bonds. The lowest BCUT2D eigenvalue weighted by molar-refractivity contribution is -0.143. The quantitative estimate of drug-likeness (QED) is 0.692. The van der Waals surface area contributed by atoms with Crippen LogP contribution in [-0.2, 0) is 10.2 Å². The van der Waals surface area contributed by atoms with Crippen molar-refractivity contribution in [3.8, 4) is 11.5 Å². The van der Waals surface area contributed by atoms with Gasteiger partial charge in [-0.05, 0) is 25.0 Å². The number of phenols is 2. The minimum absolute atomic E-state index is 0.274. The predicted octanol–water partition coefficient (Wildman–Crippen LogP) is 2.13. The van der Waals surface area contributed by atoms with Gasteiger partial charge in [0.15, 0.2) is 11.6 Å². The van der Waals surface area contributed by atoms with E-state index >= 15 is 0 Å². The third-order valence-corrected chi connectivity index (χ3v) is 3.44. The van der Waals surface area contributed by atoms with E-state index in [2.05, 4.69) is 0 Å². The lowest BCUT2D eigenvalue weighted by Crippen LogP contribution is -2.33. The van der Waals surface area contributed by atoms with E-state index in [4.69, 9.17) is 0 Å². The maximum Gasteiger partial charge on any atom is 0.314 e. The second-order valence-electron chi connectivity index (χ2n) is 4.39. The number of carboxylic acids is 1. The van der Waals surface area contributed by atoms with Gasteiger partial charge in [0.1, 0.15) is 5.75 Å². The van der Waals surface area contributed by atoms with Gasteiger partial charge in [-0.3, -0.25) is 4.79 Å².